The number of carbonyl (C=O) groups is 1. The molecule has 0 saturated carbocycles. The summed E-state index contributed by atoms with van der Waals surface area (Å²) in [6.45, 7) is 6.09. The molecule has 0 aromatic heterocycles. The number of rotatable bonds is 5. The molecule has 0 aliphatic carbocycles. The number of nitrogens with zero attached hydrogens (tertiary/aromatic N) is 2. The van der Waals surface area contributed by atoms with Crippen LogP contribution in [0, 0.1) is 5.82 Å². The van der Waals surface area contributed by atoms with E-state index in [0.717, 1.165) is 24.3 Å². The van der Waals surface area contributed by atoms with Crippen LogP contribution in [0.4, 0.5) is 10.1 Å². The summed E-state index contributed by atoms with van der Waals surface area (Å²) in [6, 6.07) is 13.7. The number of hydrogen-bond donors (Lipinski definition) is 0. The van der Waals surface area contributed by atoms with Crippen LogP contribution in [-0.2, 0) is 9.53 Å². The highest BCUT2D eigenvalue weighted by Crippen LogP contribution is 2.21. The number of halogens is 1. The van der Waals surface area contributed by atoms with Gasteiger partial charge < -0.3 is 9.64 Å². The van der Waals surface area contributed by atoms with Crippen LogP contribution in [0.2, 0.25) is 0 Å². The molecule has 4 nitrogen and oxygen atoms in total. The number of ether oxygens (including phenoxy) is 1. The van der Waals surface area contributed by atoms with Crippen LogP contribution >= 0.6 is 0 Å². The lowest BCUT2D eigenvalue weighted by molar-refractivity contribution is -0.129. The van der Waals surface area contributed by atoms with Crippen molar-refractivity contribution in [2.75, 3.05) is 18.0 Å². The summed E-state index contributed by atoms with van der Waals surface area (Å²) in [5.41, 5.74) is 2.63. The largest absolute Gasteiger partial charge is 0.402 e. The number of hydrogen-bond acceptors (Lipinski definition) is 4. The molecule has 0 unspecified atom stereocenters. The topological polar surface area (TPSA) is 41.9 Å². The fourth-order valence-electron chi connectivity index (χ4n) is 2.68. The molecular weight excluding hydrogens is 319 g/mol. The van der Waals surface area contributed by atoms with Gasteiger partial charge in [-0.25, -0.2) is 14.2 Å². The zero-order valence-electron chi connectivity index (χ0n) is 14.2. The van der Waals surface area contributed by atoms with Crippen molar-refractivity contribution >= 4 is 23.6 Å². The third kappa shape index (κ3) is 3.76. The average molecular weight is 338 g/mol. The van der Waals surface area contributed by atoms with Crippen LogP contribution in [0.15, 0.2) is 59.2 Å². The molecule has 0 spiro atoms. The van der Waals surface area contributed by atoms with Gasteiger partial charge in [-0.2, -0.15) is 0 Å². The van der Waals surface area contributed by atoms with Gasteiger partial charge in [0, 0.05) is 24.3 Å². The Labute approximate surface area is 146 Å². The van der Waals surface area contributed by atoms with Crippen molar-refractivity contribution < 1.29 is 13.9 Å². The number of esters is 1. The second-order valence-corrected chi connectivity index (χ2v) is 5.61. The molecule has 0 amide bonds. The van der Waals surface area contributed by atoms with Gasteiger partial charge in [0.25, 0.3) is 0 Å². The van der Waals surface area contributed by atoms with E-state index in [1.54, 1.807) is 18.2 Å². The molecule has 5 heteroatoms. The zero-order valence-corrected chi connectivity index (χ0v) is 14.2. The third-order valence-corrected chi connectivity index (χ3v) is 4.02. The van der Waals surface area contributed by atoms with Crippen molar-refractivity contribution in [1.29, 1.82) is 0 Å². The Balaban J connectivity index is 1.84. The minimum atomic E-state index is -0.535. The van der Waals surface area contributed by atoms with E-state index in [-0.39, 0.29) is 11.6 Å². The van der Waals surface area contributed by atoms with Gasteiger partial charge in [0.1, 0.15) is 5.82 Å². The van der Waals surface area contributed by atoms with Gasteiger partial charge in [-0.1, -0.05) is 18.2 Å². The van der Waals surface area contributed by atoms with Crippen molar-refractivity contribution in [1.82, 2.24) is 0 Å². The van der Waals surface area contributed by atoms with Crippen LogP contribution in [0.5, 0.6) is 0 Å². The summed E-state index contributed by atoms with van der Waals surface area (Å²) in [6.07, 6.45) is 1.67. The fraction of sp³-hybridized carbons (Fsp3) is 0.200. The lowest BCUT2D eigenvalue weighted by Crippen LogP contribution is -2.21. The van der Waals surface area contributed by atoms with Crippen LogP contribution in [0.3, 0.4) is 0 Å². The number of aliphatic imine (C=N–C) groups is 1. The Kier molecular flexibility index (Phi) is 4.93. The van der Waals surface area contributed by atoms with E-state index >= 15 is 0 Å². The van der Waals surface area contributed by atoms with Gasteiger partial charge in [-0.15, -0.1) is 0 Å². The Morgan fingerprint density at radius 1 is 1.12 bits per heavy atom. The molecule has 1 heterocycles. The first-order chi connectivity index (χ1) is 12.1. The fourth-order valence-corrected chi connectivity index (χ4v) is 2.68. The van der Waals surface area contributed by atoms with E-state index in [2.05, 4.69) is 23.7 Å². The lowest BCUT2D eigenvalue weighted by Gasteiger charge is -2.20. The zero-order chi connectivity index (χ0) is 17.8. The highest BCUT2D eigenvalue weighted by Gasteiger charge is 2.24. The van der Waals surface area contributed by atoms with Gasteiger partial charge in [0.2, 0.25) is 5.90 Å². The minimum absolute atomic E-state index is 0.121. The maximum atomic E-state index is 13.3. The predicted molar refractivity (Wildman–Crippen MR) is 97.0 cm³/mol. The van der Waals surface area contributed by atoms with Crippen LogP contribution in [0.1, 0.15) is 25.0 Å². The van der Waals surface area contributed by atoms with Crippen molar-refractivity contribution in [2.24, 2.45) is 4.99 Å². The smallest absolute Gasteiger partial charge is 0.363 e. The number of cyclic esters (lactones) is 1. The van der Waals surface area contributed by atoms with E-state index in [1.165, 1.54) is 12.1 Å². The molecule has 1 aliphatic rings. The van der Waals surface area contributed by atoms with Crippen molar-refractivity contribution in [3.63, 3.8) is 0 Å². The standard InChI is InChI=1S/C20H19FN2O2/c1-3-23(4-2)17-10-8-14(9-11-17)12-18-20(24)25-19(22-18)15-6-5-7-16(21)13-15/h5-13H,3-4H2,1-2H3/b18-12-. The monoisotopic (exact) mass is 338 g/mol. The predicted octanol–water partition coefficient (Wildman–Crippen LogP) is 4.02. The molecule has 0 atom stereocenters. The molecule has 0 saturated heterocycles. The van der Waals surface area contributed by atoms with Gasteiger partial charge in [0.05, 0.1) is 0 Å². The maximum Gasteiger partial charge on any atom is 0.363 e. The van der Waals surface area contributed by atoms with Gasteiger partial charge in [0.15, 0.2) is 5.70 Å². The van der Waals surface area contributed by atoms with Crippen LogP contribution in [0.25, 0.3) is 6.08 Å². The molecule has 0 bridgehead atoms. The summed E-state index contributed by atoms with van der Waals surface area (Å²) in [5, 5.41) is 0. The van der Waals surface area contributed by atoms with Gasteiger partial charge in [-0.3, -0.25) is 0 Å². The SMILES string of the molecule is CCN(CC)c1ccc(/C=C2\N=C(c3cccc(F)c3)OC2=O)cc1. The Hall–Kier alpha value is -2.95. The summed E-state index contributed by atoms with van der Waals surface area (Å²) in [7, 11) is 0. The first-order valence-electron chi connectivity index (χ1n) is 8.24. The van der Waals surface area contributed by atoms with Gasteiger partial charge in [-0.05, 0) is 55.8 Å². The van der Waals surface area contributed by atoms with E-state index < -0.39 is 11.8 Å². The quantitative estimate of drug-likeness (QED) is 0.611. The Morgan fingerprint density at radius 2 is 1.84 bits per heavy atom. The highest BCUT2D eigenvalue weighted by atomic mass is 19.1. The Morgan fingerprint density at radius 3 is 2.48 bits per heavy atom. The summed E-state index contributed by atoms with van der Waals surface area (Å²) in [4.78, 5) is 18.4. The van der Waals surface area contributed by atoms with Crippen LogP contribution < -0.4 is 4.90 Å². The van der Waals surface area contributed by atoms with E-state index in [1.807, 2.05) is 24.3 Å². The maximum absolute atomic E-state index is 13.3. The number of carbonyl (C=O) groups excluding carboxylic acids is 1. The van der Waals surface area contributed by atoms with Crippen molar-refractivity contribution in [3.05, 3.63) is 71.2 Å². The lowest BCUT2D eigenvalue weighted by atomic mass is 10.1. The third-order valence-electron chi connectivity index (χ3n) is 4.02. The molecule has 128 valence electrons. The second-order valence-electron chi connectivity index (χ2n) is 5.61. The molecular formula is C20H19FN2O2. The Bertz CT molecular complexity index is 837. The highest BCUT2D eigenvalue weighted by molar-refractivity contribution is 6.12. The van der Waals surface area contributed by atoms with Crippen molar-refractivity contribution in [3.8, 4) is 0 Å². The van der Waals surface area contributed by atoms with E-state index in [4.69, 9.17) is 4.74 Å². The molecule has 1 aliphatic heterocycles. The first-order valence-corrected chi connectivity index (χ1v) is 8.24. The minimum Gasteiger partial charge on any atom is -0.402 e. The number of benzene rings is 2. The van der Waals surface area contributed by atoms with E-state index in [0.29, 0.717) is 5.56 Å². The summed E-state index contributed by atoms with van der Waals surface area (Å²) < 4.78 is 18.5. The van der Waals surface area contributed by atoms with Gasteiger partial charge >= 0.3 is 5.97 Å². The first kappa shape index (κ1) is 16.9. The van der Waals surface area contributed by atoms with Crippen molar-refractivity contribution in [2.45, 2.75) is 13.8 Å². The molecule has 0 radical (unpaired) electrons. The average Bonchev–Trinajstić information content (AvgIpc) is 2.98. The molecule has 25 heavy (non-hydrogen) atoms. The molecule has 0 N–H and O–H groups in total. The second kappa shape index (κ2) is 7.30. The number of anilines is 1. The molecule has 3 rings (SSSR count). The molecule has 2 aromatic carbocycles. The van der Waals surface area contributed by atoms with Crippen LogP contribution in [-0.4, -0.2) is 25.0 Å². The summed E-state index contributed by atoms with van der Waals surface area (Å²) in [5.74, 6) is -0.816. The molecule has 0 fully saturated rings. The van der Waals surface area contributed by atoms with E-state index in [9.17, 15) is 9.18 Å². The normalized spacial score (nSPS) is 15.2. The molecule has 2 aromatic rings. The summed E-state index contributed by atoms with van der Waals surface area (Å²) >= 11 is 0.